The number of aliphatic hydroxyl groups is 2. The molecule has 0 heterocycles. The molecule has 0 aliphatic heterocycles. The topological polar surface area (TPSA) is 95.9 Å². The quantitative estimate of drug-likeness (QED) is 0.0321. The van der Waals surface area contributed by atoms with E-state index in [2.05, 4.69) is 31.3 Å². The van der Waals surface area contributed by atoms with Gasteiger partial charge in [-0.05, 0) is 51.4 Å². The maximum atomic E-state index is 12.5. The Balaban J connectivity index is 3.43. The molecule has 6 heteroatoms. The second-order valence-corrected chi connectivity index (χ2v) is 20.3. The van der Waals surface area contributed by atoms with Crippen LogP contribution in [0.2, 0.25) is 0 Å². The lowest BCUT2D eigenvalue weighted by molar-refractivity contribution is -0.143. The monoisotopic (exact) mass is 918 g/mol. The molecule has 0 aromatic carbocycles. The first-order valence-corrected chi connectivity index (χ1v) is 29.4. The normalized spacial score (nSPS) is 12.6. The summed E-state index contributed by atoms with van der Waals surface area (Å²) < 4.78 is 5.48. The highest BCUT2D eigenvalue weighted by Crippen LogP contribution is 2.17. The van der Waals surface area contributed by atoms with Gasteiger partial charge in [-0.3, -0.25) is 9.59 Å². The van der Waals surface area contributed by atoms with Crippen LogP contribution < -0.4 is 5.32 Å². The minimum absolute atomic E-state index is 0.00740. The third kappa shape index (κ3) is 51.8. The highest BCUT2D eigenvalue weighted by molar-refractivity contribution is 5.76. The number of hydrogen-bond donors (Lipinski definition) is 3. The van der Waals surface area contributed by atoms with Crippen molar-refractivity contribution >= 4 is 11.9 Å². The van der Waals surface area contributed by atoms with Crippen molar-refractivity contribution in [3.63, 3.8) is 0 Å². The Morgan fingerprint density at radius 3 is 1.09 bits per heavy atom. The molecular weight excluding hydrogens is 803 g/mol. The van der Waals surface area contributed by atoms with Crippen molar-refractivity contribution in [2.24, 2.45) is 0 Å². The van der Waals surface area contributed by atoms with Crippen molar-refractivity contribution in [1.82, 2.24) is 5.32 Å². The maximum Gasteiger partial charge on any atom is 0.305 e. The number of allylic oxidation sites excluding steroid dienone is 2. The average Bonchev–Trinajstić information content (AvgIpc) is 3.31. The molecule has 0 saturated carbocycles. The highest BCUT2D eigenvalue weighted by atomic mass is 16.5. The van der Waals surface area contributed by atoms with Gasteiger partial charge in [-0.15, -0.1) is 0 Å². The fourth-order valence-electron chi connectivity index (χ4n) is 9.28. The summed E-state index contributed by atoms with van der Waals surface area (Å²) in [6, 6.07) is -0.551. The molecule has 0 rings (SSSR count). The molecule has 0 aromatic heterocycles. The molecule has 2 atom stereocenters. The second kappa shape index (κ2) is 55.2. The molecule has 0 aliphatic rings. The summed E-state index contributed by atoms with van der Waals surface area (Å²) in [7, 11) is 0. The Morgan fingerprint density at radius 2 is 0.723 bits per heavy atom. The van der Waals surface area contributed by atoms with Gasteiger partial charge in [0.1, 0.15) is 0 Å². The predicted molar refractivity (Wildman–Crippen MR) is 283 cm³/mol. The largest absolute Gasteiger partial charge is 0.466 e. The SMILES string of the molecule is CCCCCCCCC/C=C\CCCCCCCCCC(=O)OCCCCCCCCCCCCCCCC(=O)NC(CO)C(O)CCCCCCCCCCCCCCCCCCC. The molecule has 0 saturated heterocycles. The van der Waals surface area contributed by atoms with Crippen molar-refractivity contribution in [3.8, 4) is 0 Å². The van der Waals surface area contributed by atoms with Gasteiger partial charge >= 0.3 is 5.97 Å². The molecule has 0 spiro atoms. The van der Waals surface area contributed by atoms with Gasteiger partial charge in [-0.1, -0.05) is 276 Å². The Morgan fingerprint density at radius 1 is 0.415 bits per heavy atom. The van der Waals surface area contributed by atoms with E-state index in [1.807, 2.05) is 0 Å². The van der Waals surface area contributed by atoms with Crippen molar-refractivity contribution in [3.05, 3.63) is 12.2 Å². The van der Waals surface area contributed by atoms with E-state index in [9.17, 15) is 19.8 Å². The molecule has 0 radical (unpaired) electrons. The third-order valence-electron chi connectivity index (χ3n) is 13.8. The number of amides is 1. The lowest BCUT2D eigenvalue weighted by atomic mass is 10.0. The average molecular weight is 919 g/mol. The summed E-state index contributed by atoms with van der Waals surface area (Å²) >= 11 is 0. The van der Waals surface area contributed by atoms with Crippen LogP contribution in [0, 0.1) is 0 Å². The number of nitrogens with one attached hydrogen (secondary N) is 1. The van der Waals surface area contributed by atoms with Gasteiger partial charge in [-0.2, -0.15) is 0 Å². The second-order valence-electron chi connectivity index (χ2n) is 20.3. The summed E-state index contributed by atoms with van der Waals surface area (Å²) in [5.74, 6) is -0.0526. The van der Waals surface area contributed by atoms with Crippen molar-refractivity contribution in [2.45, 2.75) is 341 Å². The molecule has 0 aliphatic carbocycles. The zero-order valence-corrected chi connectivity index (χ0v) is 44.0. The van der Waals surface area contributed by atoms with Gasteiger partial charge < -0.3 is 20.3 Å². The van der Waals surface area contributed by atoms with Crippen LogP contribution in [0.15, 0.2) is 12.2 Å². The van der Waals surface area contributed by atoms with E-state index in [1.165, 1.54) is 244 Å². The number of rotatable bonds is 55. The van der Waals surface area contributed by atoms with Crippen LogP contribution in [0.1, 0.15) is 328 Å². The summed E-state index contributed by atoms with van der Waals surface area (Å²) in [6.45, 7) is 4.94. The first kappa shape index (κ1) is 63.6. The lowest BCUT2D eigenvalue weighted by Gasteiger charge is -2.22. The molecule has 0 bridgehead atoms. The Kier molecular flexibility index (Phi) is 54.0. The number of carbonyl (C=O) groups excluding carboxylic acids is 2. The van der Waals surface area contributed by atoms with Crippen LogP contribution in [0.4, 0.5) is 0 Å². The summed E-state index contributed by atoms with van der Waals surface area (Å²) in [5.41, 5.74) is 0. The van der Waals surface area contributed by atoms with Gasteiger partial charge in [0.15, 0.2) is 0 Å². The van der Waals surface area contributed by atoms with E-state index in [-0.39, 0.29) is 18.5 Å². The number of ether oxygens (including phenoxy) is 1. The van der Waals surface area contributed by atoms with Gasteiger partial charge in [0.25, 0.3) is 0 Å². The number of carbonyl (C=O) groups is 2. The third-order valence-corrected chi connectivity index (χ3v) is 13.8. The minimum atomic E-state index is -0.673. The van der Waals surface area contributed by atoms with Gasteiger partial charge in [0, 0.05) is 12.8 Å². The fraction of sp³-hybridized carbons (Fsp3) is 0.932. The molecule has 1 amide bonds. The summed E-state index contributed by atoms with van der Waals surface area (Å²) in [4.78, 5) is 24.6. The van der Waals surface area contributed by atoms with E-state index >= 15 is 0 Å². The summed E-state index contributed by atoms with van der Waals surface area (Å²) in [6.07, 6.45) is 64.8. The molecule has 65 heavy (non-hydrogen) atoms. The van der Waals surface area contributed by atoms with Crippen LogP contribution in [-0.4, -0.2) is 47.4 Å². The Hall–Kier alpha value is -1.40. The van der Waals surface area contributed by atoms with Crippen LogP contribution in [0.25, 0.3) is 0 Å². The van der Waals surface area contributed by atoms with Crippen LogP contribution in [-0.2, 0) is 14.3 Å². The van der Waals surface area contributed by atoms with E-state index in [4.69, 9.17) is 4.74 Å². The van der Waals surface area contributed by atoms with Crippen LogP contribution >= 0.6 is 0 Å². The summed E-state index contributed by atoms with van der Waals surface area (Å²) in [5, 5.41) is 23.3. The molecule has 0 fully saturated rings. The maximum absolute atomic E-state index is 12.5. The van der Waals surface area contributed by atoms with Gasteiger partial charge in [-0.25, -0.2) is 0 Å². The fourth-order valence-corrected chi connectivity index (χ4v) is 9.28. The number of hydrogen-bond acceptors (Lipinski definition) is 5. The number of esters is 1. The molecule has 0 aromatic rings. The van der Waals surface area contributed by atoms with Crippen molar-refractivity contribution in [1.29, 1.82) is 0 Å². The van der Waals surface area contributed by atoms with Crippen molar-refractivity contribution < 1.29 is 24.5 Å². The van der Waals surface area contributed by atoms with Gasteiger partial charge in [0.05, 0.1) is 25.4 Å². The van der Waals surface area contributed by atoms with E-state index in [0.29, 0.717) is 25.9 Å². The molecule has 3 N–H and O–H groups in total. The first-order chi connectivity index (χ1) is 32.0. The van der Waals surface area contributed by atoms with Gasteiger partial charge in [0.2, 0.25) is 5.91 Å². The zero-order chi connectivity index (χ0) is 47.2. The van der Waals surface area contributed by atoms with Crippen molar-refractivity contribution in [2.75, 3.05) is 13.2 Å². The zero-order valence-electron chi connectivity index (χ0n) is 44.0. The lowest BCUT2D eigenvalue weighted by Crippen LogP contribution is -2.45. The minimum Gasteiger partial charge on any atom is -0.466 e. The number of aliphatic hydroxyl groups excluding tert-OH is 2. The Bertz CT molecular complexity index is 970. The molecule has 386 valence electrons. The molecule has 2 unspecified atom stereocenters. The molecular formula is C59H115NO5. The molecule has 6 nitrogen and oxygen atoms in total. The highest BCUT2D eigenvalue weighted by Gasteiger charge is 2.20. The van der Waals surface area contributed by atoms with E-state index in [0.717, 1.165) is 51.4 Å². The van der Waals surface area contributed by atoms with Crippen LogP contribution in [0.3, 0.4) is 0 Å². The van der Waals surface area contributed by atoms with Crippen LogP contribution in [0.5, 0.6) is 0 Å². The predicted octanol–water partition coefficient (Wildman–Crippen LogP) is 18.1. The standard InChI is InChI=1S/C59H115NO5/c1-3-5-7-9-11-13-15-17-19-21-23-25-29-33-37-41-45-49-53-59(64)65-54-50-46-42-38-34-30-26-28-32-36-40-44-48-52-58(63)60-56(55-61)57(62)51-47-43-39-35-31-27-24-22-20-18-16-14-12-10-8-6-4-2/h19,21,56-57,61-62H,3-18,20,22-55H2,1-2H3,(H,60,63)/b21-19-. The Labute approximate surface area is 406 Å². The smallest absolute Gasteiger partial charge is 0.305 e. The first-order valence-electron chi connectivity index (χ1n) is 29.4. The van der Waals surface area contributed by atoms with E-state index < -0.39 is 12.1 Å². The number of unbranched alkanes of at least 4 members (excludes halogenated alkanes) is 42. The van der Waals surface area contributed by atoms with E-state index in [1.54, 1.807) is 0 Å².